The van der Waals surface area contributed by atoms with Crippen LogP contribution in [0, 0.1) is 5.92 Å². The molecular weight excluding hydrogens is 242 g/mol. The molecule has 106 valence electrons. The first kappa shape index (κ1) is 13.1. The second-order valence-corrected chi connectivity index (χ2v) is 5.85. The van der Waals surface area contributed by atoms with Crippen LogP contribution in [0.5, 0.6) is 0 Å². The van der Waals surface area contributed by atoms with Crippen molar-refractivity contribution in [2.45, 2.75) is 56.9 Å². The number of hydrogen-bond donors (Lipinski definition) is 1. The van der Waals surface area contributed by atoms with Gasteiger partial charge in [-0.15, -0.1) is 0 Å². The van der Waals surface area contributed by atoms with Gasteiger partial charge in [-0.3, -0.25) is 0 Å². The molecule has 1 aromatic heterocycles. The Morgan fingerprint density at radius 1 is 1.16 bits per heavy atom. The number of nitrogens with two attached hydrogens (primary N) is 1. The fraction of sp³-hybridized carbons (Fsp3) is 0.857. The van der Waals surface area contributed by atoms with Gasteiger partial charge in [0.2, 0.25) is 5.89 Å². The molecule has 19 heavy (non-hydrogen) atoms. The predicted molar refractivity (Wildman–Crippen MR) is 70.7 cm³/mol. The standard InChI is InChI=1S/C14H23N3O2/c15-12(10-3-1-2-4-10)9-13-16-14(17-19-13)11-5-7-18-8-6-11/h10-12H,1-9,15H2. The van der Waals surface area contributed by atoms with Gasteiger partial charge in [0.15, 0.2) is 5.82 Å². The highest BCUT2D eigenvalue weighted by Gasteiger charge is 2.25. The number of hydrogen-bond acceptors (Lipinski definition) is 5. The maximum absolute atomic E-state index is 6.25. The number of rotatable bonds is 4. The average Bonchev–Trinajstić information content (AvgIpc) is 3.11. The van der Waals surface area contributed by atoms with Gasteiger partial charge in [0.25, 0.3) is 0 Å². The van der Waals surface area contributed by atoms with E-state index in [1.165, 1.54) is 25.7 Å². The van der Waals surface area contributed by atoms with Crippen molar-refractivity contribution in [3.05, 3.63) is 11.7 Å². The van der Waals surface area contributed by atoms with Crippen LogP contribution in [0.15, 0.2) is 4.52 Å². The number of aromatic nitrogens is 2. The lowest BCUT2D eigenvalue weighted by Gasteiger charge is -2.18. The molecule has 1 aliphatic heterocycles. The summed E-state index contributed by atoms with van der Waals surface area (Å²) in [6, 6.07) is 0.172. The number of ether oxygens (including phenoxy) is 1. The third-order valence-electron chi connectivity index (χ3n) is 4.49. The van der Waals surface area contributed by atoms with Crippen LogP contribution in [-0.2, 0) is 11.2 Å². The zero-order valence-electron chi connectivity index (χ0n) is 11.4. The summed E-state index contributed by atoms with van der Waals surface area (Å²) in [5.74, 6) is 2.59. The van der Waals surface area contributed by atoms with Gasteiger partial charge in [-0.2, -0.15) is 4.98 Å². The second-order valence-electron chi connectivity index (χ2n) is 5.85. The summed E-state index contributed by atoms with van der Waals surface area (Å²) in [5.41, 5.74) is 6.25. The number of nitrogens with zero attached hydrogens (tertiary/aromatic N) is 2. The third kappa shape index (κ3) is 3.15. The van der Waals surface area contributed by atoms with Crippen LogP contribution in [-0.4, -0.2) is 29.4 Å². The monoisotopic (exact) mass is 265 g/mol. The molecule has 3 rings (SSSR count). The molecule has 1 aliphatic carbocycles. The molecule has 2 aliphatic rings. The first-order valence-electron chi connectivity index (χ1n) is 7.49. The molecule has 1 atom stereocenters. The van der Waals surface area contributed by atoms with Crippen molar-refractivity contribution in [3.8, 4) is 0 Å². The summed E-state index contributed by atoms with van der Waals surface area (Å²) in [6.07, 6.45) is 7.84. The Morgan fingerprint density at radius 3 is 2.63 bits per heavy atom. The largest absolute Gasteiger partial charge is 0.381 e. The lowest BCUT2D eigenvalue weighted by atomic mass is 9.96. The van der Waals surface area contributed by atoms with Crippen LogP contribution < -0.4 is 5.73 Å². The van der Waals surface area contributed by atoms with E-state index in [-0.39, 0.29) is 6.04 Å². The molecular formula is C14H23N3O2. The van der Waals surface area contributed by atoms with Gasteiger partial charge in [-0.05, 0) is 31.6 Å². The van der Waals surface area contributed by atoms with Crippen molar-refractivity contribution in [2.24, 2.45) is 11.7 Å². The molecule has 0 bridgehead atoms. The van der Waals surface area contributed by atoms with Crippen LogP contribution in [0.1, 0.15) is 56.2 Å². The van der Waals surface area contributed by atoms with E-state index in [1.807, 2.05) is 0 Å². The van der Waals surface area contributed by atoms with E-state index >= 15 is 0 Å². The normalized spacial score (nSPS) is 23.8. The van der Waals surface area contributed by atoms with Crippen molar-refractivity contribution in [2.75, 3.05) is 13.2 Å². The molecule has 0 spiro atoms. The van der Waals surface area contributed by atoms with E-state index in [2.05, 4.69) is 10.1 Å². The molecule has 1 aromatic rings. The van der Waals surface area contributed by atoms with E-state index in [0.717, 1.165) is 38.3 Å². The summed E-state index contributed by atoms with van der Waals surface area (Å²) in [5, 5.41) is 4.12. The maximum atomic E-state index is 6.25. The SMILES string of the molecule is NC(Cc1nc(C2CCOCC2)no1)C1CCCC1. The minimum Gasteiger partial charge on any atom is -0.381 e. The minimum absolute atomic E-state index is 0.172. The molecule has 0 aromatic carbocycles. The highest BCUT2D eigenvalue weighted by molar-refractivity contribution is 4.98. The zero-order valence-corrected chi connectivity index (χ0v) is 11.4. The molecule has 1 saturated heterocycles. The Morgan fingerprint density at radius 2 is 1.89 bits per heavy atom. The zero-order chi connectivity index (χ0) is 13.1. The van der Waals surface area contributed by atoms with Gasteiger partial charge in [0.05, 0.1) is 0 Å². The highest BCUT2D eigenvalue weighted by Crippen LogP contribution is 2.29. The lowest BCUT2D eigenvalue weighted by molar-refractivity contribution is 0.0830. The van der Waals surface area contributed by atoms with Crippen LogP contribution in [0.4, 0.5) is 0 Å². The Kier molecular flexibility index (Phi) is 4.13. The molecule has 2 N–H and O–H groups in total. The summed E-state index contributed by atoms with van der Waals surface area (Å²) < 4.78 is 10.7. The van der Waals surface area contributed by atoms with Gasteiger partial charge in [-0.25, -0.2) is 0 Å². The summed E-state index contributed by atoms with van der Waals surface area (Å²) >= 11 is 0. The van der Waals surface area contributed by atoms with Gasteiger partial charge in [-0.1, -0.05) is 18.0 Å². The van der Waals surface area contributed by atoms with Crippen molar-refractivity contribution in [1.82, 2.24) is 10.1 Å². The summed E-state index contributed by atoms with van der Waals surface area (Å²) in [4.78, 5) is 4.53. The molecule has 0 amide bonds. The molecule has 5 heteroatoms. The Hall–Kier alpha value is -0.940. The van der Waals surface area contributed by atoms with Gasteiger partial charge in [0.1, 0.15) is 0 Å². The van der Waals surface area contributed by atoms with Crippen LogP contribution in [0.25, 0.3) is 0 Å². The van der Waals surface area contributed by atoms with Gasteiger partial charge in [0, 0.05) is 31.6 Å². The summed E-state index contributed by atoms with van der Waals surface area (Å²) in [6.45, 7) is 1.60. The van der Waals surface area contributed by atoms with E-state index in [9.17, 15) is 0 Å². The maximum Gasteiger partial charge on any atom is 0.228 e. The molecule has 1 saturated carbocycles. The van der Waals surface area contributed by atoms with Crippen molar-refractivity contribution < 1.29 is 9.26 Å². The fourth-order valence-corrected chi connectivity index (χ4v) is 3.23. The quantitative estimate of drug-likeness (QED) is 0.901. The third-order valence-corrected chi connectivity index (χ3v) is 4.49. The molecule has 5 nitrogen and oxygen atoms in total. The second kappa shape index (κ2) is 6.01. The lowest BCUT2D eigenvalue weighted by Crippen LogP contribution is -2.30. The van der Waals surface area contributed by atoms with Gasteiger partial charge < -0.3 is 15.0 Å². The van der Waals surface area contributed by atoms with Crippen LogP contribution in [0.3, 0.4) is 0 Å². The van der Waals surface area contributed by atoms with E-state index in [0.29, 0.717) is 17.7 Å². The minimum atomic E-state index is 0.172. The Bertz CT molecular complexity index is 395. The fourth-order valence-electron chi connectivity index (χ4n) is 3.23. The predicted octanol–water partition coefficient (Wildman–Crippen LogP) is 2.02. The first-order valence-corrected chi connectivity index (χ1v) is 7.49. The average molecular weight is 265 g/mol. The van der Waals surface area contributed by atoms with Crippen LogP contribution in [0.2, 0.25) is 0 Å². The Labute approximate surface area is 113 Å². The van der Waals surface area contributed by atoms with E-state index in [1.54, 1.807) is 0 Å². The van der Waals surface area contributed by atoms with Crippen LogP contribution >= 0.6 is 0 Å². The van der Waals surface area contributed by atoms with E-state index < -0.39 is 0 Å². The first-order chi connectivity index (χ1) is 9.33. The van der Waals surface area contributed by atoms with E-state index in [4.69, 9.17) is 15.0 Å². The molecule has 0 radical (unpaired) electrons. The smallest absolute Gasteiger partial charge is 0.228 e. The Balaban J connectivity index is 1.57. The molecule has 2 fully saturated rings. The molecule has 2 heterocycles. The van der Waals surface area contributed by atoms with Crippen molar-refractivity contribution in [1.29, 1.82) is 0 Å². The summed E-state index contributed by atoms with van der Waals surface area (Å²) in [7, 11) is 0. The topological polar surface area (TPSA) is 74.2 Å². The van der Waals surface area contributed by atoms with Crippen molar-refractivity contribution in [3.63, 3.8) is 0 Å². The van der Waals surface area contributed by atoms with Crippen molar-refractivity contribution >= 4 is 0 Å². The molecule has 1 unspecified atom stereocenters. The van der Waals surface area contributed by atoms with Gasteiger partial charge >= 0.3 is 0 Å². The highest BCUT2D eigenvalue weighted by atomic mass is 16.5.